The van der Waals surface area contributed by atoms with E-state index >= 15 is 0 Å². The van der Waals surface area contributed by atoms with Crippen LogP contribution in [0.5, 0.6) is 5.75 Å². The monoisotopic (exact) mass is 446 g/mol. The number of aryl methyl sites for hydroxylation is 1. The largest absolute Gasteiger partial charge is 0.479 e. The zero-order valence-electron chi connectivity index (χ0n) is 19.9. The van der Waals surface area contributed by atoms with Crippen molar-refractivity contribution in [1.29, 1.82) is 0 Å². The molecule has 0 aliphatic rings. The van der Waals surface area contributed by atoms with Crippen LogP contribution in [0, 0.1) is 0 Å². The van der Waals surface area contributed by atoms with Crippen molar-refractivity contribution in [3.05, 3.63) is 66.5 Å². The molecule has 3 rings (SSSR count). The fourth-order valence-corrected chi connectivity index (χ4v) is 3.45. The molecule has 1 aromatic heterocycles. The van der Waals surface area contributed by atoms with Crippen LogP contribution in [0.1, 0.15) is 58.4 Å². The zero-order chi connectivity index (χ0) is 23.5. The molecule has 1 unspecified atom stereocenters. The summed E-state index contributed by atoms with van der Waals surface area (Å²) in [4.78, 5) is 21.1. The molecule has 174 valence electrons. The normalized spacial score (nSPS) is 11.7. The lowest BCUT2D eigenvalue weighted by Gasteiger charge is -2.14. The third kappa shape index (κ3) is 7.41. The summed E-state index contributed by atoms with van der Waals surface area (Å²) in [6, 6.07) is 16.1. The summed E-state index contributed by atoms with van der Waals surface area (Å²) < 4.78 is 11.0. The first-order valence-electron chi connectivity index (χ1n) is 12.0. The highest BCUT2D eigenvalue weighted by Crippen LogP contribution is 2.24. The zero-order valence-corrected chi connectivity index (χ0v) is 19.9. The van der Waals surface area contributed by atoms with Crippen molar-refractivity contribution in [3.63, 3.8) is 0 Å². The van der Waals surface area contributed by atoms with Crippen LogP contribution in [0.15, 0.2) is 60.9 Å². The molecule has 0 aliphatic carbocycles. The highest BCUT2D eigenvalue weighted by molar-refractivity contribution is 5.74. The molecule has 0 fully saturated rings. The summed E-state index contributed by atoms with van der Waals surface area (Å²) in [6.07, 6.45) is 9.56. The van der Waals surface area contributed by atoms with Crippen LogP contribution in [-0.2, 0) is 16.0 Å². The van der Waals surface area contributed by atoms with Gasteiger partial charge in [-0.25, -0.2) is 14.8 Å². The van der Waals surface area contributed by atoms with E-state index in [-0.39, 0.29) is 5.97 Å². The van der Waals surface area contributed by atoms with Gasteiger partial charge in [0.1, 0.15) is 5.75 Å². The van der Waals surface area contributed by atoms with Crippen LogP contribution in [0.4, 0.5) is 0 Å². The van der Waals surface area contributed by atoms with E-state index in [1.807, 2.05) is 36.7 Å². The molecule has 0 radical (unpaired) electrons. The second-order valence-electron chi connectivity index (χ2n) is 8.25. The third-order valence-electron chi connectivity index (χ3n) is 5.51. The van der Waals surface area contributed by atoms with Gasteiger partial charge in [-0.1, -0.05) is 69.5 Å². The quantitative estimate of drug-likeness (QED) is 0.230. The van der Waals surface area contributed by atoms with Gasteiger partial charge in [-0.3, -0.25) is 0 Å². The van der Waals surface area contributed by atoms with E-state index in [0.29, 0.717) is 18.2 Å². The number of carbonyl (C=O) groups is 1. The smallest absolute Gasteiger partial charge is 0.347 e. The minimum absolute atomic E-state index is 0.336. The van der Waals surface area contributed by atoms with Crippen LogP contribution in [-0.4, -0.2) is 28.6 Å². The molecule has 0 N–H and O–H groups in total. The van der Waals surface area contributed by atoms with Crippen molar-refractivity contribution < 1.29 is 14.3 Å². The molecule has 33 heavy (non-hydrogen) atoms. The van der Waals surface area contributed by atoms with Crippen LogP contribution in [0.2, 0.25) is 0 Å². The standard InChI is InChI=1S/C28H34N2O3/c1-4-6-8-18-32-28(31)21(3)33-26-16-14-23(15-17-26)25-19-29-27(30-20-25)24-12-10-22(11-13-24)9-7-5-2/h10-17,19-21H,4-9,18H2,1-3H3. The van der Waals surface area contributed by atoms with Crippen molar-refractivity contribution in [1.82, 2.24) is 9.97 Å². The summed E-state index contributed by atoms with van der Waals surface area (Å²) in [5.41, 5.74) is 4.27. The lowest BCUT2D eigenvalue weighted by atomic mass is 10.1. The van der Waals surface area contributed by atoms with Gasteiger partial charge in [0.05, 0.1) is 6.61 Å². The maximum Gasteiger partial charge on any atom is 0.347 e. The number of nitrogens with zero attached hydrogens (tertiary/aromatic N) is 2. The highest BCUT2D eigenvalue weighted by atomic mass is 16.6. The van der Waals surface area contributed by atoms with Gasteiger partial charge in [0.25, 0.3) is 0 Å². The molecule has 2 aromatic carbocycles. The van der Waals surface area contributed by atoms with Gasteiger partial charge in [-0.2, -0.15) is 0 Å². The summed E-state index contributed by atoms with van der Waals surface area (Å²) in [6.45, 7) is 6.47. The molecular formula is C28H34N2O3. The molecule has 5 heteroatoms. The van der Waals surface area contributed by atoms with Gasteiger partial charge in [0.15, 0.2) is 11.9 Å². The average Bonchev–Trinajstić information content (AvgIpc) is 2.86. The lowest BCUT2D eigenvalue weighted by Crippen LogP contribution is -2.26. The molecule has 5 nitrogen and oxygen atoms in total. The van der Waals surface area contributed by atoms with Gasteiger partial charge in [0, 0.05) is 23.5 Å². The first-order chi connectivity index (χ1) is 16.1. The van der Waals surface area contributed by atoms with Crippen molar-refractivity contribution in [3.8, 4) is 28.3 Å². The SMILES string of the molecule is CCCCCOC(=O)C(C)Oc1ccc(-c2cnc(-c3ccc(CCCC)cc3)nc2)cc1. The predicted molar refractivity (Wildman–Crippen MR) is 132 cm³/mol. The number of benzene rings is 2. The molecular weight excluding hydrogens is 412 g/mol. The Morgan fingerprint density at radius 2 is 1.45 bits per heavy atom. The van der Waals surface area contributed by atoms with Gasteiger partial charge in [-0.05, 0) is 49.4 Å². The number of carbonyl (C=O) groups excluding carboxylic acids is 1. The van der Waals surface area contributed by atoms with E-state index < -0.39 is 6.10 Å². The molecule has 0 amide bonds. The summed E-state index contributed by atoms with van der Waals surface area (Å²) in [5.74, 6) is 1.00. The van der Waals surface area contributed by atoms with Crippen LogP contribution >= 0.6 is 0 Å². The Morgan fingerprint density at radius 3 is 2.09 bits per heavy atom. The number of aromatic nitrogens is 2. The average molecular weight is 447 g/mol. The molecule has 1 heterocycles. The maximum atomic E-state index is 12.0. The topological polar surface area (TPSA) is 61.3 Å². The first-order valence-corrected chi connectivity index (χ1v) is 12.0. The van der Waals surface area contributed by atoms with Crippen molar-refractivity contribution >= 4 is 5.97 Å². The third-order valence-corrected chi connectivity index (χ3v) is 5.51. The Balaban J connectivity index is 1.56. The summed E-state index contributed by atoms with van der Waals surface area (Å²) >= 11 is 0. The Labute approximate surface area is 197 Å². The molecule has 0 aliphatic heterocycles. The van der Waals surface area contributed by atoms with E-state index in [1.165, 1.54) is 18.4 Å². The van der Waals surface area contributed by atoms with Crippen LogP contribution in [0.3, 0.4) is 0 Å². The number of rotatable bonds is 12. The second kappa shape index (κ2) is 12.7. The van der Waals surface area contributed by atoms with E-state index in [2.05, 4.69) is 48.1 Å². The lowest BCUT2D eigenvalue weighted by molar-refractivity contribution is -0.151. The summed E-state index contributed by atoms with van der Waals surface area (Å²) in [5, 5.41) is 0. The Morgan fingerprint density at radius 1 is 0.818 bits per heavy atom. The first kappa shape index (κ1) is 24.4. The molecule has 0 saturated heterocycles. The van der Waals surface area contributed by atoms with E-state index in [0.717, 1.165) is 42.4 Å². The fraction of sp³-hybridized carbons (Fsp3) is 0.393. The Bertz CT molecular complexity index is 983. The van der Waals surface area contributed by atoms with E-state index in [9.17, 15) is 4.79 Å². The van der Waals surface area contributed by atoms with Gasteiger partial charge >= 0.3 is 5.97 Å². The van der Waals surface area contributed by atoms with Crippen molar-refractivity contribution in [2.45, 2.75) is 65.4 Å². The second-order valence-corrected chi connectivity index (χ2v) is 8.25. The van der Waals surface area contributed by atoms with Gasteiger partial charge < -0.3 is 9.47 Å². The fourth-order valence-electron chi connectivity index (χ4n) is 3.45. The number of unbranched alkanes of at least 4 members (excludes halogenated alkanes) is 3. The number of esters is 1. The Kier molecular flexibility index (Phi) is 9.43. The molecule has 0 spiro atoms. The highest BCUT2D eigenvalue weighted by Gasteiger charge is 2.16. The molecule has 0 bridgehead atoms. The van der Waals surface area contributed by atoms with Crippen LogP contribution in [0.25, 0.3) is 22.5 Å². The predicted octanol–water partition coefficient (Wildman–Crippen LogP) is 6.65. The molecule has 1 atom stereocenters. The molecule has 3 aromatic rings. The van der Waals surface area contributed by atoms with Crippen molar-refractivity contribution in [2.24, 2.45) is 0 Å². The van der Waals surface area contributed by atoms with Gasteiger partial charge in [0.2, 0.25) is 0 Å². The van der Waals surface area contributed by atoms with E-state index in [1.54, 1.807) is 6.92 Å². The summed E-state index contributed by atoms with van der Waals surface area (Å²) in [7, 11) is 0. The number of hydrogen-bond acceptors (Lipinski definition) is 5. The maximum absolute atomic E-state index is 12.0. The minimum Gasteiger partial charge on any atom is -0.479 e. The number of ether oxygens (including phenoxy) is 2. The van der Waals surface area contributed by atoms with E-state index in [4.69, 9.17) is 9.47 Å². The molecule has 0 saturated carbocycles. The van der Waals surface area contributed by atoms with Crippen LogP contribution < -0.4 is 4.74 Å². The van der Waals surface area contributed by atoms with Gasteiger partial charge in [-0.15, -0.1) is 0 Å². The Hall–Kier alpha value is -3.21. The number of hydrogen-bond donors (Lipinski definition) is 0. The van der Waals surface area contributed by atoms with Crippen molar-refractivity contribution in [2.75, 3.05) is 6.61 Å². The minimum atomic E-state index is -0.645.